The van der Waals surface area contributed by atoms with Crippen LogP contribution < -0.4 is 9.47 Å². The lowest BCUT2D eigenvalue weighted by Crippen LogP contribution is -2.38. The lowest BCUT2D eigenvalue weighted by Gasteiger charge is -2.29. The van der Waals surface area contributed by atoms with Crippen molar-refractivity contribution < 1.29 is 34.0 Å². The first-order valence-electron chi connectivity index (χ1n) is 14.1. The predicted molar refractivity (Wildman–Crippen MR) is 157 cm³/mol. The number of benzene rings is 3. The fourth-order valence-corrected chi connectivity index (χ4v) is 5.49. The number of methoxy groups -OCH3 is 1. The summed E-state index contributed by atoms with van der Waals surface area (Å²) in [6.07, 6.45) is 0.644. The number of hydrogen-bond donors (Lipinski definition) is 2. The summed E-state index contributed by atoms with van der Waals surface area (Å²) in [7, 11) is 1.43. The number of carbonyl (C=O) groups excluding carboxylic acids is 2. The van der Waals surface area contributed by atoms with E-state index in [-0.39, 0.29) is 22.8 Å². The highest BCUT2D eigenvalue weighted by atomic mass is 16.5. The fraction of sp³-hybridized carbons (Fsp3) is 0.333. The lowest BCUT2D eigenvalue weighted by atomic mass is 9.93. The number of aromatic hydroxyl groups is 1. The maximum atomic E-state index is 13.5. The average molecular weight is 573 g/mol. The standard InChI is InChI=1S/C33H36N2O7/c1-22-19-25(42-21-23-7-4-3-5-8-23)10-11-26(22)31(37)29-30(24-9-12-27(36)28(20-24)40-2)35(33(39)32(29)38)14-6-13-34-15-17-41-18-16-34/h3-5,7-12,19-20,30,36-37H,6,13-18,21H2,1-2H3/b31-29+/t30-/m1/s1. The molecule has 2 fully saturated rings. The first-order valence-corrected chi connectivity index (χ1v) is 14.1. The molecule has 2 aliphatic heterocycles. The Hall–Kier alpha value is -4.34. The molecule has 0 unspecified atom stereocenters. The van der Waals surface area contributed by atoms with E-state index in [4.69, 9.17) is 14.2 Å². The van der Waals surface area contributed by atoms with Crippen molar-refractivity contribution in [3.8, 4) is 17.2 Å². The molecule has 0 aromatic heterocycles. The number of Topliss-reactive ketones (excluding diaryl/α,β-unsaturated/α-hetero) is 1. The molecule has 42 heavy (non-hydrogen) atoms. The van der Waals surface area contributed by atoms with Gasteiger partial charge in [0.2, 0.25) is 0 Å². The normalized spacial score (nSPS) is 18.8. The quantitative estimate of drug-likeness (QED) is 0.209. The van der Waals surface area contributed by atoms with Crippen LogP contribution in [0.2, 0.25) is 0 Å². The summed E-state index contributed by atoms with van der Waals surface area (Å²) >= 11 is 0. The minimum atomic E-state index is -0.849. The van der Waals surface area contributed by atoms with Gasteiger partial charge in [0.05, 0.1) is 31.9 Å². The topological polar surface area (TPSA) is 109 Å². The maximum Gasteiger partial charge on any atom is 0.295 e. The van der Waals surface area contributed by atoms with Crippen LogP contribution in [0.25, 0.3) is 5.76 Å². The fourth-order valence-electron chi connectivity index (χ4n) is 5.49. The van der Waals surface area contributed by atoms with E-state index in [2.05, 4.69) is 4.90 Å². The van der Waals surface area contributed by atoms with Gasteiger partial charge in [-0.25, -0.2) is 0 Å². The second kappa shape index (κ2) is 13.1. The predicted octanol–water partition coefficient (Wildman–Crippen LogP) is 4.43. The highest BCUT2D eigenvalue weighted by molar-refractivity contribution is 6.46. The van der Waals surface area contributed by atoms with E-state index in [1.165, 1.54) is 18.1 Å². The van der Waals surface area contributed by atoms with Crippen LogP contribution in [0.3, 0.4) is 0 Å². The number of aryl methyl sites for hydroxylation is 1. The monoisotopic (exact) mass is 572 g/mol. The zero-order valence-electron chi connectivity index (χ0n) is 23.9. The van der Waals surface area contributed by atoms with Gasteiger partial charge in [0.15, 0.2) is 11.5 Å². The van der Waals surface area contributed by atoms with Crippen molar-refractivity contribution in [3.63, 3.8) is 0 Å². The molecule has 3 aromatic carbocycles. The zero-order chi connectivity index (χ0) is 29.6. The number of ketones is 1. The van der Waals surface area contributed by atoms with Crippen molar-refractivity contribution in [2.45, 2.75) is 26.0 Å². The Kier molecular flexibility index (Phi) is 9.09. The van der Waals surface area contributed by atoms with Gasteiger partial charge in [0.1, 0.15) is 18.1 Å². The third-order valence-corrected chi connectivity index (χ3v) is 7.74. The van der Waals surface area contributed by atoms with E-state index in [9.17, 15) is 19.8 Å². The largest absolute Gasteiger partial charge is 0.507 e. The molecule has 2 heterocycles. The molecule has 9 nitrogen and oxygen atoms in total. The van der Waals surface area contributed by atoms with E-state index < -0.39 is 17.7 Å². The van der Waals surface area contributed by atoms with E-state index in [1.54, 1.807) is 30.3 Å². The van der Waals surface area contributed by atoms with Crippen LogP contribution in [0.5, 0.6) is 17.2 Å². The number of amides is 1. The van der Waals surface area contributed by atoms with Crippen molar-refractivity contribution >= 4 is 17.4 Å². The summed E-state index contributed by atoms with van der Waals surface area (Å²) in [5.41, 5.74) is 2.71. The molecule has 1 atom stereocenters. The lowest BCUT2D eigenvalue weighted by molar-refractivity contribution is -0.140. The number of ether oxygens (including phenoxy) is 3. The number of phenolic OH excluding ortho intramolecular Hbond substituents is 1. The Labute approximate surface area is 245 Å². The molecule has 2 N–H and O–H groups in total. The first-order chi connectivity index (χ1) is 20.4. The highest BCUT2D eigenvalue weighted by Gasteiger charge is 2.46. The number of hydrogen-bond acceptors (Lipinski definition) is 8. The minimum Gasteiger partial charge on any atom is -0.507 e. The average Bonchev–Trinajstić information content (AvgIpc) is 3.26. The molecule has 5 rings (SSSR count). The molecule has 0 spiro atoms. The summed E-state index contributed by atoms with van der Waals surface area (Å²) in [6.45, 7) is 6.27. The summed E-state index contributed by atoms with van der Waals surface area (Å²) < 4.78 is 16.7. The maximum absolute atomic E-state index is 13.5. The molecular formula is C33H36N2O7. The van der Waals surface area contributed by atoms with Gasteiger partial charge in [0.25, 0.3) is 11.7 Å². The van der Waals surface area contributed by atoms with Gasteiger partial charge >= 0.3 is 0 Å². The van der Waals surface area contributed by atoms with Gasteiger partial charge in [0, 0.05) is 31.7 Å². The van der Waals surface area contributed by atoms with Gasteiger partial charge in [-0.05, 0) is 60.4 Å². The molecule has 0 bridgehead atoms. The molecule has 1 amide bonds. The van der Waals surface area contributed by atoms with Crippen LogP contribution in [0, 0.1) is 6.92 Å². The number of nitrogens with zero attached hydrogens (tertiary/aromatic N) is 2. The number of carbonyl (C=O) groups is 2. The van der Waals surface area contributed by atoms with Gasteiger partial charge < -0.3 is 29.3 Å². The van der Waals surface area contributed by atoms with Crippen LogP contribution in [0.1, 0.15) is 34.7 Å². The van der Waals surface area contributed by atoms with Crippen molar-refractivity contribution in [1.82, 2.24) is 9.80 Å². The van der Waals surface area contributed by atoms with E-state index in [1.807, 2.05) is 37.3 Å². The van der Waals surface area contributed by atoms with Gasteiger partial charge in [-0.15, -0.1) is 0 Å². The number of morpholine rings is 1. The number of aliphatic hydroxyl groups is 1. The van der Waals surface area contributed by atoms with Crippen molar-refractivity contribution in [2.24, 2.45) is 0 Å². The van der Waals surface area contributed by atoms with Crippen LogP contribution in [0.15, 0.2) is 72.3 Å². The smallest absolute Gasteiger partial charge is 0.295 e. The van der Waals surface area contributed by atoms with E-state index in [0.717, 1.165) is 25.2 Å². The third-order valence-electron chi connectivity index (χ3n) is 7.74. The second-order valence-corrected chi connectivity index (χ2v) is 10.5. The number of rotatable bonds is 10. The summed E-state index contributed by atoms with van der Waals surface area (Å²) in [6, 6.07) is 18.9. The van der Waals surface area contributed by atoms with Crippen LogP contribution in [-0.2, 0) is 20.9 Å². The van der Waals surface area contributed by atoms with E-state index >= 15 is 0 Å². The molecule has 9 heteroatoms. The minimum absolute atomic E-state index is 0.000157. The summed E-state index contributed by atoms with van der Waals surface area (Å²) in [5.74, 6) is -0.907. The second-order valence-electron chi connectivity index (χ2n) is 10.5. The number of likely N-dealkylation sites (tertiary alicyclic amines) is 1. The molecule has 220 valence electrons. The molecule has 2 aliphatic rings. The molecule has 0 saturated carbocycles. The molecular weight excluding hydrogens is 536 g/mol. The van der Waals surface area contributed by atoms with E-state index in [0.29, 0.717) is 55.2 Å². The number of aliphatic hydroxyl groups excluding tert-OH is 1. The van der Waals surface area contributed by atoms with Gasteiger partial charge in [-0.3, -0.25) is 14.5 Å². The Balaban J connectivity index is 1.46. The van der Waals surface area contributed by atoms with Gasteiger partial charge in [-0.1, -0.05) is 36.4 Å². The Morgan fingerprint density at radius 1 is 1.00 bits per heavy atom. The first kappa shape index (κ1) is 29.2. The van der Waals surface area contributed by atoms with Crippen LogP contribution in [-0.4, -0.2) is 78.2 Å². The van der Waals surface area contributed by atoms with Gasteiger partial charge in [-0.2, -0.15) is 0 Å². The summed E-state index contributed by atoms with van der Waals surface area (Å²) in [5, 5.41) is 21.8. The molecule has 0 aliphatic carbocycles. The van der Waals surface area contributed by atoms with Crippen LogP contribution >= 0.6 is 0 Å². The zero-order valence-corrected chi connectivity index (χ0v) is 23.9. The number of phenols is 1. The van der Waals surface area contributed by atoms with Crippen molar-refractivity contribution in [3.05, 3.63) is 94.6 Å². The summed E-state index contributed by atoms with van der Waals surface area (Å²) in [4.78, 5) is 30.7. The SMILES string of the molecule is COc1cc([C@@H]2/C(=C(\O)c3ccc(OCc4ccccc4)cc3C)C(=O)C(=O)N2CCCN2CCOCC2)ccc1O. The molecule has 0 radical (unpaired) electrons. The molecule has 2 saturated heterocycles. The van der Waals surface area contributed by atoms with Crippen molar-refractivity contribution in [2.75, 3.05) is 46.5 Å². The van der Waals surface area contributed by atoms with Crippen molar-refractivity contribution in [1.29, 1.82) is 0 Å². The highest BCUT2D eigenvalue weighted by Crippen LogP contribution is 2.42. The van der Waals surface area contributed by atoms with Crippen LogP contribution in [0.4, 0.5) is 0 Å². The Bertz CT molecular complexity index is 1460. The third kappa shape index (κ3) is 6.27. The Morgan fingerprint density at radius 3 is 2.48 bits per heavy atom. The Morgan fingerprint density at radius 2 is 1.76 bits per heavy atom. The molecule has 3 aromatic rings.